The smallest absolute Gasteiger partial charge is 0.168 e. The molecule has 5 aromatic rings. The average molecular weight is 1470 g/mol. The van der Waals surface area contributed by atoms with Crippen LogP contribution in [-0.2, 0) is 62.7 Å². The topological polar surface area (TPSA) is 510 Å². The van der Waals surface area contributed by atoms with E-state index in [-0.39, 0.29) is 75.5 Å². The van der Waals surface area contributed by atoms with Crippen molar-refractivity contribution in [3.8, 4) is 0 Å². The van der Waals surface area contributed by atoms with Crippen molar-refractivity contribution >= 4 is 40.5 Å². The van der Waals surface area contributed by atoms with Crippen LogP contribution in [0.15, 0.2) is 121 Å². The minimum atomic E-state index is -1.94. The van der Waals surface area contributed by atoms with Crippen LogP contribution in [0.25, 0.3) is 0 Å². The number of halogens is 4. The van der Waals surface area contributed by atoms with E-state index in [1.54, 1.807) is 120 Å². The van der Waals surface area contributed by atoms with E-state index in [4.69, 9.17) is 16.7 Å². The molecule has 5 aromatic carbocycles. The Morgan fingerprint density at radius 1 is 0.314 bits per heavy atom. The van der Waals surface area contributed by atoms with E-state index in [1.165, 1.54) is 24.3 Å². The average Bonchev–Trinajstić information content (AvgIpc) is 0.873. The van der Waals surface area contributed by atoms with Gasteiger partial charge in [0, 0.05) is 42.7 Å². The molecule has 30 heteroatoms. The molecule has 102 heavy (non-hydrogen) atoms. The van der Waals surface area contributed by atoms with Crippen molar-refractivity contribution in [2.45, 2.75) is 234 Å². The molecule has 0 aromatic heterocycles. The normalized spacial score (nSPS) is 17.2. The molecule has 20 atom stereocenters. The number of benzene rings is 5. The Hall–Kier alpha value is -6.31. The number of hydrogen-bond acceptors (Lipinski definition) is 26. The molecule has 0 saturated carbocycles. The summed E-state index contributed by atoms with van der Waals surface area (Å²) in [5.41, 5.74) is 2.48. The molecule has 0 spiro atoms. The van der Waals surface area contributed by atoms with Crippen LogP contribution in [0.3, 0.4) is 0 Å². The Morgan fingerprint density at radius 2 is 0.578 bits per heavy atom. The second-order valence-corrected chi connectivity index (χ2v) is 24.4. The summed E-state index contributed by atoms with van der Waals surface area (Å²) in [7, 11) is 0. The molecule has 0 fully saturated rings. The lowest BCUT2D eigenvalue weighted by atomic mass is 9.95. The summed E-state index contributed by atoms with van der Waals surface area (Å²) in [6, 6.07) is 30.8. The zero-order valence-corrected chi connectivity index (χ0v) is 57.8. The lowest BCUT2D eigenvalue weighted by Gasteiger charge is -2.25. The second kappa shape index (κ2) is 48.7. The first-order valence-electron chi connectivity index (χ1n) is 32.8. The van der Waals surface area contributed by atoms with Gasteiger partial charge in [0.1, 0.15) is 109 Å². The number of hydrogen-bond donors (Lipinski definition) is 21. The largest absolute Gasteiger partial charge is 0.392 e. The highest BCUT2D eigenvalue weighted by molar-refractivity contribution is 6.30. The minimum Gasteiger partial charge on any atom is -0.392 e. The quantitative estimate of drug-likeness (QED) is 0.0232. The van der Waals surface area contributed by atoms with Gasteiger partial charge in [0.25, 0.3) is 0 Å². The van der Waals surface area contributed by atoms with Crippen molar-refractivity contribution in [2.75, 3.05) is 0 Å². The van der Waals surface area contributed by atoms with Crippen LogP contribution in [0.5, 0.6) is 0 Å². The Morgan fingerprint density at radius 3 is 0.892 bits per heavy atom. The maximum Gasteiger partial charge on any atom is 0.168 e. The van der Waals surface area contributed by atoms with Crippen molar-refractivity contribution in [1.29, 1.82) is 0 Å². The second-order valence-electron chi connectivity index (χ2n) is 23.9. The number of aliphatic hydroxyl groups is 21. The molecule has 0 amide bonds. The zero-order valence-electron chi connectivity index (χ0n) is 57.0. The molecule has 0 aliphatic rings. The number of rotatable bonds is 37. The maximum absolute atomic E-state index is 13.4. The van der Waals surface area contributed by atoms with Gasteiger partial charge in [-0.2, -0.15) is 0 Å². The van der Waals surface area contributed by atoms with Crippen LogP contribution < -0.4 is 0 Å². The van der Waals surface area contributed by atoms with Gasteiger partial charge in [0.15, 0.2) is 28.9 Å². The van der Waals surface area contributed by atoms with E-state index in [0.29, 0.717) is 27.3 Å². The zero-order chi connectivity index (χ0) is 77.8. The van der Waals surface area contributed by atoms with Crippen molar-refractivity contribution in [2.24, 2.45) is 0 Å². The molecule has 21 N–H and O–H groups in total. The Kier molecular flexibility index (Phi) is 44.7. The summed E-state index contributed by atoms with van der Waals surface area (Å²) in [6.07, 6.45) is -32.4. The van der Waals surface area contributed by atoms with Gasteiger partial charge in [-0.25, -0.2) is 13.2 Å². The lowest BCUT2D eigenvalue weighted by molar-refractivity contribution is -0.145. The van der Waals surface area contributed by atoms with Gasteiger partial charge in [-0.05, 0) is 96.7 Å². The van der Waals surface area contributed by atoms with Crippen LogP contribution in [0.4, 0.5) is 13.2 Å². The molecule has 0 aliphatic carbocycles. The summed E-state index contributed by atoms with van der Waals surface area (Å²) in [6.45, 7) is 7.87. The molecule has 26 nitrogen and oxygen atoms in total. The van der Waals surface area contributed by atoms with Crippen molar-refractivity contribution in [1.82, 2.24) is 0 Å². The molecular weight excluding hydrogens is 1370 g/mol. The monoisotopic (exact) mass is 1470 g/mol. The van der Waals surface area contributed by atoms with Gasteiger partial charge in [-0.15, -0.1) is 0 Å². The third kappa shape index (κ3) is 31.6. The number of carbonyl (C=O) groups excluding carboxylic acids is 5. The van der Waals surface area contributed by atoms with Gasteiger partial charge < -0.3 is 107 Å². The number of aliphatic hydroxyl groups excluding tert-OH is 21. The van der Waals surface area contributed by atoms with E-state index >= 15 is 0 Å². The third-order valence-electron chi connectivity index (χ3n) is 16.2. The Bertz CT molecular complexity index is 3190. The van der Waals surface area contributed by atoms with Crippen LogP contribution in [0.2, 0.25) is 5.02 Å². The number of Topliss-reactive ketones (excluding diaryl/α,β-unsaturated/α-hetero) is 5. The van der Waals surface area contributed by atoms with Gasteiger partial charge in [-0.1, -0.05) is 137 Å². The van der Waals surface area contributed by atoms with Crippen LogP contribution in [0.1, 0.15) is 107 Å². The SMILES string of the molecule is CC[C@@H](O)[C@@H](O)[C@H](O)[C@@H](O)C(=O)CCc1c(F)cccc1F.CC[C@@H](O)[C@@H](O)[C@H](O)[C@@H](O)C(=O)Cc1ccc(CO)cc1.CC[C@@H](O)[C@@H](O)[C@H](O)[C@@H](O)C(=O)Cc1ccc(Cl)cc1.CC[C@@H](O)[C@@H](O)[C@H](O)[C@@H](O)C(=O)Cc1ccccc1.CC[C@@H](O)[C@@H](O)[C@H](O)[C@@H](O)C(=O)Cc1ccccc1F. The summed E-state index contributed by atoms with van der Waals surface area (Å²) >= 11 is 5.72. The van der Waals surface area contributed by atoms with E-state index in [0.717, 1.165) is 12.1 Å². The summed E-state index contributed by atoms with van der Waals surface area (Å²) in [4.78, 5) is 59.0. The molecule has 0 aliphatic heterocycles. The molecular formula is C72H100ClF3O26. The standard InChI is InChI=1S/C15H20F2O5.C15H22O6.C14H19ClO5.C14H19FO5.C14H20O5/c1-2-11(18)13(20)15(22)14(21)12(19)7-6-8-9(16)4-3-5-10(8)17;1-2-11(17)13(19)15(21)14(20)12(18)7-9-3-5-10(8-16)6-4-9;1-2-10(16)12(18)14(20)13(19)11(17)7-8-3-5-9(15)6-4-8;1-2-10(16)12(18)14(20)13(19)11(17)7-8-5-3-4-6-9(8)15;1-2-10(15)12(17)14(19)13(18)11(16)8-9-6-4-3-5-7-9/h3-5,11,13-15,18,20-22H,2,6-7H2,1H3;3-6,11,13-17,19-21H,2,7-8H2,1H3;2*3-6,10,12-14,16,18-20H,2,7H2,1H3;3-7,10,12-15,17-19H,2,8H2,1H3/t2*11-,13-,14+,15+;3*10-,12-,13+,14+/m11111/s1. The number of ketones is 5. The van der Waals surface area contributed by atoms with Gasteiger partial charge in [0.2, 0.25) is 0 Å². The maximum atomic E-state index is 13.4. The highest BCUT2D eigenvalue weighted by atomic mass is 35.5. The molecule has 0 saturated heterocycles. The Balaban J connectivity index is 0.000000638. The van der Waals surface area contributed by atoms with Crippen LogP contribution in [0, 0.1) is 17.5 Å². The molecule has 5 rings (SSSR count). The molecule has 0 heterocycles. The molecule has 0 radical (unpaired) electrons. The van der Waals surface area contributed by atoms with Crippen molar-refractivity contribution in [3.05, 3.63) is 177 Å². The summed E-state index contributed by atoms with van der Waals surface area (Å²) in [5.74, 6) is -5.78. The van der Waals surface area contributed by atoms with E-state index in [9.17, 15) is 139 Å². The minimum absolute atomic E-state index is 0.0337. The fourth-order valence-corrected chi connectivity index (χ4v) is 9.34. The summed E-state index contributed by atoms with van der Waals surface area (Å²) in [5, 5.41) is 201. The Labute approximate surface area is 593 Å². The predicted octanol–water partition coefficient (Wildman–Crippen LogP) is -0.788. The highest BCUT2D eigenvalue weighted by Crippen LogP contribution is 2.20. The first-order chi connectivity index (χ1) is 47.9. The van der Waals surface area contributed by atoms with E-state index in [2.05, 4.69) is 0 Å². The molecule has 0 unspecified atom stereocenters. The molecule has 572 valence electrons. The molecule has 0 bridgehead atoms. The third-order valence-corrected chi connectivity index (χ3v) is 16.4. The fourth-order valence-electron chi connectivity index (χ4n) is 9.21. The first kappa shape index (κ1) is 93.7. The highest BCUT2D eigenvalue weighted by Gasteiger charge is 2.38. The van der Waals surface area contributed by atoms with Gasteiger partial charge >= 0.3 is 0 Å². The number of carbonyl (C=O) groups is 5. The lowest BCUT2D eigenvalue weighted by Crippen LogP contribution is -2.47. The van der Waals surface area contributed by atoms with E-state index in [1.807, 2.05) is 0 Å². The summed E-state index contributed by atoms with van der Waals surface area (Å²) < 4.78 is 40.2. The fraction of sp³-hybridized carbons (Fsp3) is 0.514. The van der Waals surface area contributed by atoms with Crippen molar-refractivity contribution in [3.63, 3.8) is 0 Å². The van der Waals surface area contributed by atoms with Crippen molar-refractivity contribution < 1.29 is 144 Å². The van der Waals surface area contributed by atoms with E-state index < -0.39 is 181 Å². The first-order valence-corrected chi connectivity index (χ1v) is 33.2. The van der Waals surface area contributed by atoms with Crippen LogP contribution in [-0.4, -0.2) is 258 Å². The van der Waals surface area contributed by atoms with Gasteiger partial charge in [-0.3, -0.25) is 24.0 Å². The predicted molar refractivity (Wildman–Crippen MR) is 363 cm³/mol. The van der Waals surface area contributed by atoms with Gasteiger partial charge in [0.05, 0.1) is 37.1 Å². The van der Waals surface area contributed by atoms with Crippen LogP contribution >= 0.6 is 11.6 Å².